The monoisotopic (exact) mass is 365 g/mol. The van der Waals surface area contributed by atoms with Crippen LogP contribution in [0.1, 0.15) is 17.0 Å². The third-order valence-electron chi connectivity index (χ3n) is 3.97. The number of nitrogens with two attached hydrogens (primary N) is 1. The van der Waals surface area contributed by atoms with E-state index in [1.165, 1.54) is 0 Å². The first kappa shape index (κ1) is 14.8. The zero-order chi connectivity index (χ0) is 15.2. The van der Waals surface area contributed by atoms with E-state index < -0.39 is 15.1 Å². The van der Waals surface area contributed by atoms with E-state index in [-0.39, 0.29) is 12.0 Å². The molecular formula is C16H16BrNO2S. The number of aryl methyl sites for hydroxylation is 1. The van der Waals surface area contributed by atoms with Gasteiger partial charge in [-0.05, 0) is 36.8 Å². The fourth-order valence-electron chi connectivity index (χ4n) is 2.69. The standard InChI is InChI=1S/C16H16BrNO2S/c1-10-2-8-13(9-3-10)21(19,20)16-14(15(16)18)11-4-6-12(17)7-5-11/h2-9,14-16H,18H2,1H3. The molecule has 0 radical (unpaired) electrons. The minimum absolute atomic E-state index is 0.121. The second kappa shape index (κ2) is 5.23. The minimum atomic E-state index is -3.38. The summed E-state index contributed by atoms with van der Waals surface area (Å²) in [5, 5.41) is -0.526. The van der Waals surface area contributed by atoms with Crippen molar-refractivity contribution in [3.63, 3.8) is 0 Å². The van der Waals surface area contributed by atoms with Crippen molar-refractivity contribution in [3.8, 4) is 0 Å². The summed E-state index contributed by atoms with van der Waals surface area (Å²) in [4.78, 5) is 0.355. The summed E-state index contributed by atoms with van der Waals surface area (Å²) in [5.41, 5.74) is 8.06. The van der Waals surface area contributed by atoms with Crippen LogP contribution in [0.2, 0.25) is 0 Å². The molecule has 3 nitrogen and oxygen atoms in total. The van der Waals surface area contributed by atoms with Crippen molar-refractivity contribution < 1.29 is 8.42 Å². The Hall–Kier alpha value is -1.17. The highest BCUT2D eigenvalue weighted by atomic mass is 79.9. The molecule has 1 aliphatic carbocycles. The zero-order valence-electron chi connectivity index (χ0n) is 11.5. The van der Waals surface area contributed by atoms with Crippen LogP contribution in [0, 0.1) is 6.92 Å². The Morgan fingerprint density at radius 2 is 1.57 bits per heavy atom. The molecule has 1 fully saturated rings. The van der Waals surface area contributed by atoms with Crippen LogP contribution in [0.3, 0.4) is 0 Å². The van der Waals surface area contributed by atoms with Crippen LogP contribution in [0.4, 0.5) is 0 Å². The molecule has 3 unspecified atom stereocenters. The Bertz CT molecular complexity index is 754. The predicted octanol–water partition coefficient (Wildman–Crippen LogP) is 3.02. The van der Waals surface area contributed by atoms with E-state index in [0.29, 0.717) is 4.90 Å². The summed E-state index contributed by atoms with van der Waals surface area (Å²) in [5.74, 6) is -0.121. The van der Waals surface area contributed by atoms with Crippen molar-refractivity contribution in [1.29, 1.82) is 0 Å². The van der Waals surface area contributed by atoms with Crippen LogP contribution in [-0.4, -0.2) is 19.7 Å². The molecule has 3 atom stereocenters. The molecule has 2 aromatic rings. The third kappa shape index (κ3) is 2.65. The second-order valence-corrected chi connectivity index (χ2v) is 8.50. The van der Waals surface area contributed by atoms with Crippen molar-refractivity contribution in [2.45, 2.75) is 29.0 Å². The Kier molecular flexibility index (Phi) is 3.67. The average Bonchev–Trinajstić information content (AvgIpc) is 3.12. The minimum Gasteiger partial charge on any atom is -0.326 e. The van der Waals surface area contributed by atoms with Crippen LogP contribution in [0.5, 0.6) is 0 Å². The van der Waals surface area contributed by atoms with Gasteiger partial charge in [-0.25, -0.2) is 8.42 Å². The topological polar surface area (TPSA) is 60.2 Å². The lowest BCUT2D eigenvalue weighted by atomic mass is 10.1. The zero-order valence-corrected chi connectivity index (χ0v) is 13.9. The van der Waals surface area contributed by atoms with Crippen LogP contribution in [0.25, 0.3) is 0 Å². The second-order valence-electron chi connectivity index (χ2n) is 5.48. The number of halogens is 1. The fraction of sp³-hybridized carbons (Fsp3) is 0.250. The third-order valence-corrected chi connectivity index (χ3v) is 6.75. The quantitative estimate of drug-likeness (QED) is 0.909. The maximum atomic E-state index is 12.7. The van der Waals surface area contributed by atoms with Gasteiger partial charge in [0.05, 0.1) is 10.1 Å². The Balaban J connectivity index is 1.91. The van der Waals surface area contributed by atoms with Gasteiger partial charge in [-0.2, -0.15) is 0 Å². The lowest BCUT2D eigenvalue weighted by Crippen LogP contribution is -2.15. The van der Waals surface area contributed by atoms with Crippen LogP contribution in [-0.2, 0) is 9.84 Å². The summed E-state index contributed by atoms with van der Waals surface area (Å²) in [6.07, 6.45) is 0. The van der Waals surface area contributed by atoms with Gasteiger partial charge in [0.15, 0.2) is 9.84 Å². The average molecular weight is 366 g/mol. The van der Waals surface area contributed by atoms with Crippen LogP contribution < -0.4 is 5.73 Å². The summed E-state index contributed by atoms with van der Waals surface area (Å²) >= 11 is 3.38. The highest BCUT2D eigenvalue weighted by Gasteiger charge is 2.57. The first-order valence-electron chi connectivity index (χ1n) is 6.73. The molecule has 0 aliphatic heterocycles. The van der Waals surface area contributed by atoms with Gasteiger partial charge >= 0.3 is 0 Å². The number of benzene rings is 2. The van der Waals surface area contributed by atoms with E-state index in [1.54, 1.807) is 12.1 Å². The Morgan fingerprint density at radius 3 is 2.14 bits per heavy atom. The van der Waals surface area contributed by atoms with Crippen molar-refractivity contribution >= 4 is 25.8 Å². The van der Waals surface area contributed by atoms with Gasteiger partial charge in [0.2, 0.25) is 0 Å². The van der Waals surface area contributed by atoms with Gasteiger partial charge in [0.25, 0.3) is 0 Å². The highest BCUT2D eigenvalue weighted by molar-refractivity contribution is 9.10. The maximum absolute atomic E-state index is 12.7. The largest absolute Gasteiger partial charge is 0.326 e. The highest BCUT2D eigenvalue weighted by Crippen LogP contribution is 2.47. The lowest BCUT2D eigenvalue weighted by Gasteiger charge is -2.04. The van der Waals surface area contributed by atoms with Crippen molar-refractivity contribution in [1.82, 2.24) is 0 Å². The molecule has 1 saturated carbocycles. The smallest absolute Gasteiger partial charge is 0.183 e. The molecule has 3 rings (SSSR count). The molecule has 0 bridgehead atoms. The molecule has 0 saturated heterocycles. The molecule has 5 heteroatoms. The molecule has 0 amide bonds. The van der Waals surface area contributed by atoms with E-state index in [1.807, 2.05) is 43.3 Å². The van der Waals surface area contributed by atoms with Crippen molar-refractivity contribution in [3.05, 3.63) is 64.1 Å². The van der Waals surface area contributed by atoms with E-state index in [9.17, 15) is 8.42 Å². The summed E-state index contributed by atoms with van der Waals surface area (Å²) in [6.45, 7) is 1.93. The molecule has 2 aromatic carbocycles. The first-order chi connectivity index (χ1) is 9.91. The van der Waals surface area contributed by atoms with Gasteiger partial charge < -0.3 is 5.73 Å². The van der Waals surface area contributed by atoms with Crippen LogP contribution >= 0.6 is 15.9 Å². The van der Waals surface area contributed by atoms with E-state index in [0.717, 1.165) is 15.6 Å². The summed E-state index contributed by atoms with van der Waals surface area (Å²) < 4.78 is 26.3. The van der Waals surface area contributed by atoms with E-state index >= 15 is 0 Å². The van der Waals surface area contributed by atoms with Gasteiger partial charge in [-0.3, -0.25) is 0 Å². The van der Waals surface area contributed by atoms with Crippen molar-refractivity contribution in [2.24, 2.45) is 5.73 Å². The Labute approximate surface area is 133 Å². The van der Waals surface area contributed by atoms with E-state index in [2.05, 4.69) is 15.9 Å². The number of hydrogen-bond donors (Lipinski definition) is 1. The maximum Gasteiger partial charge on any atom is 0.183 e. The van der Waals surface area contributed by atoms with E-state index in [4.69, 9.17) is 5.73 Å². The molecule has 0 aromatic heterocycles. The molecule has 21 heavy (non-hydrogen) atoms. The molecule has 2 N–H and O–H groups in total. The molecule has 110 valence electrons. The van der Waals surface area contributed by atoms with Gasteiger partial charge in [0, 0.05) is 16.4 Å². The normalized spacial score (nSPS) is 24.8. The van der Waals surface area contributed by atoms with Gasteiger partial charge in [-0.15, -0.1) is 0 Å². The summed E-state index contributed by atoms with van der Waals surface area (Å²) in [7, 11) is -3.38. The molecular weight excluding hydrogens is 350 g/mol. The van der Waals surface area contributed by atoms with Gasteiger partial charge in [0.1, 0.15) is 0 Å². The van der Waals surface area contributed by atoms with Crippen LogP contribution in [0.15, 0.2) is 57.9 Å². The predicted molar refractivity (Wildman–Crippen MR) is 87.0 cm³/mol. The number of hydrogen-bond acceptors (Lipinski definition) is 3. The van der Waals surface area contributed by atoms with Gasteiger partial charge in [-0.1, -0.05) is 45.8 Å². The fourth-order valence-corrected chi connectivity index (χ4v) is 5.00. The molecule has 0 spiro atoms. The Morgan fingerprint density at radius 1 is 1.00 bits per heavy atom. The first-order valence-corrected chi connectivity index (χ1v) is 9.07. The lowest BCUT2D eigenvalue weighted by molar-refractivity contribution is 0.593. The SMILES string of the molecule is Cc1ccc(S(=O)(=O)C2C(N)C2c2ccc(Br)cc2)cc1. The molecule has 1 aliphatic rings. The van der Waals surface area contributed by atoms with Crippen molar-refractivity contribution in [2.75, 3.05) is 0 Å². The molecule has 0 heterocycles. The summed E-state index contributed by atoms with van der Waals surface area (Å²) in [6, 6.07) is 14.3. The number of sulfone groups is 1. The number of rotatable bonds is 3.